The standard InChI is InChI=1S/C14H20N4O/c1-10(12-7-5-6-8-13(12)19-4)16-11(2)14-17-15-9-18(14)3/h5-11,16H,1-4H3. The lowest BCUT2D eigenvalue weighted by molar-refractivity contribution is 0.394. The minimum Gasteiger partial charge on any atom is -0.496 e. The van der Waals surface area contributed by atoms with Crippen LogP contribution in [0.25, 0.3) is 0 Å². The van der Waals surface area contributed by atoms with Gasteiger partial charge in [0.2, 0.25) is 0 Å². The number of rotatable bonds is 5. The number of hydrogen-bond donors (Lipinski definition) is 1. The highest BCUT2D eigenvalue weighted by molar-refractivity contribution is 5.35. The second-order valence-electron chi connectivity index (χ2n) is 4.65. The maximum atomic E-state index is 5.39. The Bertz CT molecular complexity index is 538. The highest BCUT2D eigenvalue weighted by atomic mass is 16.5. The third-order valence-corrected chi connectivity index (χ3v) is 3.24. The lowest BCUT2D eigenvalue weighted by atomic mass is 10.1. The number of nitrogens with one attached hydrogen (secondary N) is 1. The first-order valence-corrected chi connectivity index (χ1v) is 6.36. The molecule has 0 bridgehead atoms. The monoisotopic (exact) mass is 260 g/mol. The van der Waals surface area contributed by atoms with E-state index in [1.165, 1.54) is 0 Å². The Morgan fingerprint density at radius 2 is 1.95 bits per heavy atom. The number of ether oxygens (including phenoxy) is 1. The molecular weight excluding hydrogens is 240 g/mol. The zero-order valence-electron chi connectivity index (χ0n) is 11.8. The molecule has 1 heterocycles. The lowest BCUT2D eigenvalue weighted by Crippen LogP contribution is -2.25. The zero-order chi connectivity index (χ0) is 13.8. The smallest absolute Gasteiger partial charge is 0.149 e. The number of nitrogens with zero attached hydrogens (tertiary/aromatic N) is 3. The van der Waals surface area contributed by atoms with Gasteiger partial charge in [-0.25, -0.2) is 0 Å². The van der Waals surface area contributed by atoms with Gasteiger partial charge >= 0.3 is 0 Å². The molecule has 0 amide bonds. The van der Waals surface area contributed by atoms with Crippen LogP contribution in [0, 0.1) is 0 Å². The van der Waals surface area contributed by atoms with Gasteiger partial charge in [0.25, 0.3) is 0 Å². The van der Waals surface area contributed by atoms with Crippen molar-refractivity contribution in [3.05, 3.63) is 42.0 Å². The van der Waals surface area contributed by atoms with Crippen molar-refractivity contribution < 1.29 is 4.74 Å². The van der Waals surface area contributed by atoms with Gasteiger partial charge in [0, 0.05) is 18.7 Å². The molecule has 102 valence electrons. The summed E-state index contributed by atoms with van der Waals surface area (Å²) in [6.07, 6.45) is 1.71. The van der Waals surface area contributed by atoms with Crippen LogP contribution in [0.2, 0.25) is 0 Å². The third kappa shape index (κ3) is 2.93. The number of hydrogen-bond acceptors (Lipinski definition) is 4. The van der Waals surface area contributed by atoms with E-state index < -0.39 is 0 Å². The molecule has 0 aliphatic heterocycles. The summed E-state index contributed by atoms with van der Waals surface area (Å²) in [7, 11) is 3.64. The van der Waals surface area contributed by atoms with E-state index in [9.17, 15) is 0 Å². The van der Waals surface area contributed by atoms with Crippen molar-refractivity contribution >= 4 is 0 Å². The van der Waals surface area contributed by atoms with Crippen LogP contribution in [0.1, 0.15) is 37.3 Å². The summed E-state index contributed by atoms with van der Waals surface area (Å²) in [4.78, 5) is 0. The van der Waals surface area contributed by atoms with Crippen LogP contribution in [-0.2, 0) is 7.05 Å². The molecule has 0 aliphatic carbocycles. The molecule has 0 radical (unpaired) electrons. The van der Waals surface area contributed by atoms with Gasteiger partial charge < -0.3 is 14.6 Å². The molecular formula is C14H20N4O. The number of methoxy groups -OCH3 is 1. The summed E-state index contributed by atoms with van der Waals surface area (Å²) in [5.74, 6) is 1.81. The Balaban J connectivity index is 2.13. The van der Waals surface area contributed by atoms with E-state index in [0.717, 1.165) is 17.1 Å². The van der Waals surface area contributed by atoms with Crippen LogP contribution in [0.4, 0.5) is 0 Å². The summed E-state index contributed by atoms with van der Waals surface area (Å²) in [5, 5.41) is 11.5. The van der Waals surface area contributed by atoms with Crippen molar-refractivity contribution in [2.24, 2.45) is 7.05 Å². The molecule has 1 aromatic carbocycles. The van der Waals surface area contributed by atoms with E-state index >= 15 is 0 Å². The fourth-order valence-electron chi connectivity index (χ4n) is 2.25. The van der Waals surface area contributed by atoms with E-state index in [-0.39, 0.29) is 12.1 Å². The highest BCUT2D eigenvalue weighted by Crippen LogP contribution is 2.26. The SMILES string of the molecule is COc1ccccc1C(C)NC(C)c1nncn1C. The summed E-state index contributed by atoms with van der Waals surface area (Å²) < 4.78 is 7.31. The maximum absolute atomic E-state index is 5.39. The van der Waals surface area contributed by atoms with E-state index in [1.54, 1.807) is 13.4 Å². The normalized spacial score (nSPS) is 14.1. The topological polar surface area (TPSA) is 52.0 Å². The molecule has 2 rings (SSSR count). The lowest BCUT2D eigenvalue weighted by Gasteiger charge is -2.21. The van der Waals surface area contributed by atoms with Gasteiger partial charge in [-0.2, -0.15) is 0 Å². The number of aromatic nitrogens is 3. The first-order chi connectivity index (χ1) is 9.13. The Kier molecular flexibility index (Phi) is 4.16. The van der Waals surface area contributed by atoms with Crippen LogP contribution in [0.15, 0.2) is 30.6 Å². The average molecular weight is 260 g/mol. The van der Waals surface area contributed by atoms with Crippen molar-refractivity contribution in [2.75, 3.05) is 7.11 Å². The summed E-state index contributed by atoms with van der Waals surface area (Å²) >= 11 is 0. The van der Waals surface area contributed by atoms with Gasteiger partial charge in [-0.05, 0) is 19.9 Å². The van der Waals surface area contributed by atoms with Gasteiger partial charge in [-0.1, -0.05) is 18.2 Å². The number of para-hydroxylation sites is 1. The minimum absolute atomic E-state index is 0.118. The average Bonchev–Trinajstić information content (AvgIpc) is 2.85. The van der Waals surface area contributed by atoms with Gasteiger partial charge in [-0.3, -0.25) is 0 Å². The molecule has 2 atom stereocenters. The molecule has 0 saturated carbocycles. The Labute approximate surface area is 113 Å². The molecule has 5 heteroatoms. The maximum Gasteiger partial charge on any atom is 0.149 e. The van der Waals surface area contributed by atoms with E-state index in [4.69, 9.17) is 4.74 Å². The van der Waals surface area contributed by atoms with Crippen molar-refractivity contribution in [1.29, 1.82) is 0 Å². The van der Waals surface area contributed by atoms with E-state index in [2.05, 4.69) is 35.4 Å². The zero-order valence-corrected chi connectivity index (χ0v) is 11.8. The summed E-state index contributed by atoms with van der Waals surface area (Å²) in [6.45, 7) is 4.20. The first-order valence-electron chi connectivity index (χ1n) is 6.36. The molecule has 0 saturated heterocycles. The second kappa shape index (κ2) is 5.84. The van der Waals surface area contributed by atoms with Crippen LogP contribution in [0.5, 0.6) is 5.75 Å². The third-order valence-electron chi connectivity index (χ3n) is 3.24. The van der Waals surface area contributed by atoms with Gasteiger partial charge in [-0.15, -0.1) is 10.2 Å². The molecule has 5 nitrogen and oxygen atoms in total. The van der Waals surface area contributed by atoms with Crippen LogP contribution in [-0.4, -0.2) is 21.9 Å². The minimum atomic E-state index is 0.118. The molecule has 0 spiro atoms. The Morgan fingerprint density at radius 1 is 1.21 bits per heavy atom. The molecule has 0 fully saturated rings. The van der Waals surface area contributed by atoms with Gasteiger partial charge in [0.15, 0.2) is 0 Å². The predicted molar refractivity (Wildman–Crippen MR) is 74.0 cm³/mol. The predicted octanol–water partition coefficient (Wildman–Crippen LogP) is 2.24. The molecule has 19 heavy (non-hydrogen) atoms. The number of aryl methyl sites for hydroxylation is 1. The first kappa shape index (κ1) is 13.5. The molecule has 1 N–H and O–H groups in total. The van der Waals surface area contributed by atoms with Crippen molar-refractivity contribution in [3.8, 4) is 5.75 Å². The van der Waals surface area contributed by atoms with Crippen molar-refractivity contribution in [2.45, 2.75) is 25.9 Å². The van der Waals surface area contributed by atoms with Crippen LogP contribution < -0.4 is 10.1 Å². The highest BCUT2D eigenvalue weighted by Gasteiger charge is 2.17. The quantitative estimate of drug-likeness (QED) is 0.895. The van der Waals surface area contributed by atoms with Crippen LogP contribution in [0.3, 0.4) is 0 Å². The summed E-state index contributed by atoms with van der Waals surface area (Å²) in [5.41, 5.74) is 1.14. The van der Waals surface area contributed by atoms with E-state index in [0.29, 0.717) is 0 Å². The molecule has 2 unspecified atom stereocenters. The van der Waals surface area contributed by atoms with Crippen molar-refractivity contribution in [3.63, 3.8) is 0 Å². The molecule has 0 aliphatic rings. The fraction of sp³-hybridized carbons (Fsp3) is 0.429. The largest absolute Gasteiger partial charge is 0.496 e. The summed E-state index contributed by atoms with van der Waals surface area (Å²) in [6, 6.07) is 8.32. The fourth-order valence-corrected chi connectivity index (χ4v) is 2.25. The number of benzene rings is 1. The molecule has 1 aromatic heterocycles. The van der Waals surface area contributed by atoms with Crippen molar-refractivity contribution in [1.82, 2.24) is 20.1 Å². The van der Waals surface area contributed by atoms with Crippen LogP contribution >= 0.6 is 0 Å². The second-order valence-corrected chi connectivity index (χ2v) is 4.65. The van der Waals surface area contributed by atoms with Gasteiger partial charge in [0.05, 0.1) is 13.2 Å². The van der Waals surface area contributed by atoms with E-state index in [1.807, 2.05) is 29.8 Å². The van der Waals surface area contributed by atoms with Gasteiger partial charge in [0.1, 0.15) is 17.9 Å². The molecule has 2 aromatic rings. The Morgan fingerprint density at radius 3 is 2.58 bits per heavy atom. The Hall–Kier alpha value is -1.88.